The zero-order valence-electron chi connectivity index (χ0n) is 18.7. The van der Waals surface area contributed by atoms with Gasteiger partial charge in [-0.3, -0.25) is 14.5 Å². The molecule has 1 spiro atoms. The Balaban J connectivity index is 1.53. The van der Waals surface area contributed by atoms with Crippen LogP contribution in [0.5, 0.6) is 0 Å². The molecular formula is C28H22Br2N2O2S. The minimum absolute atomic E-state index is 0.0267. The molecule has 3 heterocycles. The van der Waals surface area contributed by atoms with Gasteiger partial charge in [0.05, 0.1) is 5.92 Å². The predicted molar refractivity (Wildman–Crippen MR) is 148 cm³/mol. The Labute approximate surface area is 225 Å². The Kier molecular flexibility index (Phi) is 6.00. The van der Waals surface area contributed by atoms with Gasteiger partial charge in [0.25, 0.3) is 0 Å². The maximum Gasteiger partial charge on any atom is 0.250 e. The van der Waals surface area contributed by atoms with Crippen LogP contribution in [0.15, 0.2) is 87.8 Å². The van der Waals surface area contributed by atoms with E-state index in [0.717, 1.165) is 43.0 Å². The molecule has 2 fully saturated rings. The number of benzene rings is 3. The average molecular weight is 610 g/mol. The van der Waals surface area contributed by atoms with Crippen molar-refractivity contribution in [2.75, 3.05) is 16.9 Å². The number of fused-ring (bicyclic) bond motifs is 4. The molecule has 0 aliphatic carbocycles. The fourth-order valence-corrected chi connectivity index (χ4v) is 8.20. The van der Waals surface area contributed by atoms with Crippen LogP contribution in [0.3, 0.4) is 0 Å². The first kappa shape index (κ1) is 23.2. The van der Waals surface area contributed by atoms with Crippen molar-refractivity contribution in [2.45, 2.75) is 17.5 Å². The SMILES string of the molecule is O=C(/C=C/c1cccc(Br)c1)[C@H]1[C@H](c2cccc(Br)c2)[C@H]2CSCN2[C@]12C(=O)Nc1ccccc12. The summed E-state index contributed by atoms with van der Waals surface area (Å²) >= 11 is 8.95. The van der Waals surface area contributed by atoms with E-state index in [9.17, 15) is 9.59 Å². The van der Waals surface area contributed by atoms with Gasteiger partial charge >= 0.3 is 0 Å². The number of nitrogens with one attached hydrogen (secondary N) is 1. The van der Waals surface area contributed by atoms with Gasteiger partial charge in [-0.2, -0.15) is 0 Å². The lowest BCUT2D eigenvalue weighted by Gasteiger charge is -2.36. The molecule has 0 saturated carbocycles. The number of amides is 1. The number of thioether (sulfide) groups is 1. The van der Waals surface area contributed by atoms with Gasteiger partial charge in [0.15, 0.2) is 5.78 Å². The van der Waals surface area contributed by atoms with Crippen LogP contribution in [0.25, 0.3) is 6.08 Å². The lowest BCUT2D eigenvalue weighted by molar-refractivity contribution is -0.134. The fraction of sp³-hybridized carbons (Fsp3) is 0.214. The van der Waals surface area contributed by atoms with Crippen molar-refractivity contribution in [3.8, 4) is 0 Å². The molecule has 0 radical (unpaired) electrons. The molecule has 1 amide bonds. The van der Waals surface area contributed by atoms with Crippen LogP contribution in [-0.2, 0) is 15.1 Å². The van der Waals surface area contributed by atoms with Crippen molar-refractivity contribution in [1.82, 2.24) is 4.90 Å². The Bertz CT molecular complexity index is 1380. The van der Waals surface area contributed by atoms with Crippen LogP contribution < -0.4 is 5.32 Å². The lowest BCUT2D eigenvalue weighted by Crippen LogP contribution is -2.52. The zero-order valence-corrected chi connectivity index (χ0v) is 22.6. The van der Waals surface area contributed by atoms with Crippen LogP contribution in [0, 0.1) is 5.92 Å². The number of rotatable bonds is 4. The molecule has 6 rings (SSSR count). The van der Waals surface area contributed by atoms with Crippen LogP contribution in [0.4, 0.5) is 5.69 Å². The van der Waals surface area contributed by atoms with Crippen molar-refractivity contribution in [2.24, 2.45) is 5.92 Å². The second-order valence-corrected chi connectivity index (χ2v) is 12.0. The average Bonchev–Trinajstić information content (AvgIpc) is 3.51. The van der Waals surface area contributed by atoms with Gasteiger partial charge in [0.1, 0.15) is 5.54 Å². The van der Waals surface area contributed by atoms with Crippen molar-refractivity contribution in [3.63, 3.8) is 0 Å². The molecule has 35 heavy (non-hydrogen) atoms. The molecule has 7 heteroatoms. The lowest BCUT2D eigenvalue weighted by atomic mass is 9.70. The number of hydrogen-bond acceptors (Lipinski definition) is 4. The minimum Gasteiger partial charge on any atom is -0.324 e. The number of anilines is 1. The van der Waals surface area contributed by atoms with Gasteiger partial charge in [-0.25, -0.2) is 0 Å². The maximum atomic E-state index is 14.2. The standard InChI is InChI=1S/C28H22Br2N2O2S/c29-19-7-3-5-17(13-19)11-12-24(33)26-25(18-6-4-8-20(30)14-18)23-15-35-16-32(23)28(26)21-9-1-2-10-22(21)31-27(28)34/h1-14,23,25-26H,15-16H2,(H,31,34)/b12-11+/t23-,25-,26+,28+/m1/s1. The Morgan fingerprint density at radius 2 is 1.80 bits per heavy atom. The van der Waals surface area contributed by atoms with Crippen LogP contribution in [0.2, 0.25) is 0 Å². The van der Waals surface area contributed by atoms with Crippen molar-refractivity contribution in [3.05, 3.63) is 105 Å². The molecule has 176 valence electrons. The molecule has 4 atom stereocenters. The van der Waals surface area contributed by atoms with Gasteiger partial charge in [0.2, 0.25) is 5.91 Å². The second kappa shape index (κ2) is 9.04. The van der Waals surface area contributed by atoms with Crippen molar-refractivity contribution >= 4 is 67.1 Å². The third kappa shape index (κ3) is 3.67. The molecular weight excluding hydrogens is 588 g/mol. The van der Waals surface area contributed by atoms with E-state index < -0.39 is 11.5 Å². The molecule has 0 unspecified atom stereocenters. The summed E-state index contributed by atoms with van der Waals surface area (Å²) in [6.45, 7) is 0. The summed E-state index contributed by atoms with van der Waals surface area (Å²) < 4.78 is 1.93. The first-order chi connectivity index (χ1) is 17.0. The number of ketones is 1. The largest absolute Gasteiger partial charge is 0.324 e. The zero-order chi connectivity index (χ0) is 24.2. The van der Waals surface area contributed by atoms with E-state index >= 15 is 0 Å². The number of nitrogens with zero attached hydrogens (tertiary/aromatic N) is 1. The highest BCUT2D eigenvalue weighted by molar-refractivity contribution is 9.10. The number of allylic oxidation sites excluding steroid dienone is 1. The molecule has 3 aliphatic heterocycles. The van der Waals surface area contributed by atoms with E-state index in [2.05, 4.69) is 54.2 Å². The topological polar surface area (TPSA) is 49.4 Å². The summed E-state index contributed by atoms with van der Waals surface area (Å²) in [6.07, 6.45) is 3.53. The quantitative estimate of drug-likeness (QED) is 0.346. The van der Waals surface area contributed by atoms with Gasteiger partial charge in [-0.15, -0.1) is 11.8 Å². The summed E-state index contributed by atoms with van der Waals surface area (Å²) in [5.41, 5.74) is 2.70. The number of halogens is 2. The van der Waals surface area contributed by atoms with E-state index in [0.29, 0.717) is 0 Å². The van der Waals surface area contributed by atoms with Gasteiger partial charge in [0, 0.05) is 43.8 Å². The van der Waals surface area contributed by atoms with Crippen molar-refractivity contribution < 1.29 is 9.59 Å². The van der Waals surface area contributed by atoms with E-state index in [1.54, 1.807) is 6.08 Å². The third-order valence-electron chi connectivity index (χ3n) is 7.36. The summed E-state index contributed by atoms with van der Waals surface area (Å²) in [6, 6.07) is 24.0. The molecule has 3 aromatic carbocycles. The Hall–Kier alpha value is -2.19. The molecule has 0 bridgehead atoms. The highest BCUT2D eigenvalue weighted by Crippen LogP contribution is 2.61. The predicted octanol–water partition coefficient (Wildman–Crippen LogP) is 6.43. The monoisotopic (exact) mass is 608 g/mol. The van der Waals surface area contributed by atoms with E-state index in [1.807, 2.05) is 78.5 Å². The maximum absolute atomic E-state index is 14.2. The second-order valence-electron chi connectivity index (χ2n) is 9.15. The first-order valence-corrected chi connectivity index (χ1v) is 14.2. The fourth-order valence-electron chi connectivity index (χ4n) is 6.04. The normalized spacial score (nSPS) is 27.4. The minimum atomic E-state index is -1.03. The van der Waals surface area contributed by atoms with Crippen LogP contribution >= 0.6 is 43.6 Å². The van der Waals surface area contributed by atoms with E-state index in [-0.39, 0.29) is 23.7 Å². The summed E-state index contributed by atoms with van der Waals surface area (Å²) in [7, 11) is 0. The molecule has 1 N–H and O–H groups in total. The molecule has 3 aromatic rings. The molecule has 2 saturated heterocycles. The molecule has 3 aliphatic rings. The van der Waals surface area contributed by atoms with Crippen LogP contribution in [-0.4, -0.2) is 34.3 Å². The highest BCUT2D eigenvalue weighted by atomic mass is 79.9. The van der Waals surface area contributed by atoms with Crippen molar-refractivity contribution in [1.29, 1.82) is 0 Å². The Morgan fingerprint density at radius 3 is 2.60 bits per heavy atom. The summed E-state index contributed by atoms with van der Waals surface area (Å²) in [5, 5.41) is 3.11. The summed E-state index contributed by atoms with van der Waals surface area (Å²) in [5.74, 6) is 0.816. The number of carbonyl (C=O) groups excluding carboxylic acids is 2. The van der Waals surface area contributed by atoms with Crippen LogP contribution in [0.1, 0.15) is 22.6 Å². The Morgan fingerprint density at radius 1 is 1.03 bits per heavy atom. The first-order valence-electron chi connectivity index (χ1n) is 11.5. The number of hydrogen-bond donors (Lipinski definition) is 1. The third-order valence-corrected chi connectivity index (χ3v) is 9.38. The molecule has 4 nitrogen and oxygen atoms in total. The smallest absolute Gasteiger partial charge is 0.250 e. The van der Waals surface area contributed by atoms with Gasteiger partial charge in [-0.05, 0) is 47.5 Å². The summed E-state index contributed by atoms with van der Waals surface area (Å²) in [4.78, 5) is 30.4. The van der Waals surface area contributed by atoms with Gasteiger partial charge in [-0.1, -0.05) is 80.4 Å². The van der Waals surface area contributed by atoms with E-state index in [4.69, 9.17) is 0 Å². The van der Waals surface area contributed by atoms with E-state index in [1.165, 1.54) is 0 Å². The molecule has 0 aromatic heterocycles. The number of para-hydroxylation sites is 1. The highest BCUT2D eigenvalue weighted by Gasteiger charge is 2.69. The number of carbonyl (C=O) groups is 2. The van der Waals surface area contributed by atoms with Gasteiger partial charge < -0.3 is 5.32 Å².